The van der Waals surface area contributed by atoms with E-state index in [-0.39, 0.29) is 12.9 Å². The fraction of sp³-hybridized carbons (Fsp3) is 0.600. The van der Waals surface area contributed by atoms with Crippen LogP contribution in [0, 0.1) is 5.92 Å². The Kier molecular flexibility index (Phi) is 3.62. The fourth-order valence-electron chi connectivity index (χ4n) is 1.31. The van der Waals surface area contributed by atoms with Gasteiger partial charge in [-0.1, -0.05) is 0 Å². The molecule has 1 saturated carbocycles. The third kappa shape index (κ3) is 2.37. The number of ether oxygens (including phenoxy) is 1. The Morgan fingerprint density at radius 3 is 2.50 bits per heavy atom. The fourth-order valence-corrected chi connectivity index (χ4v) is 1.31. The van der Waals surface area contributed by atoms with Crippen LogP contribution in [-0.2, 0) is 14.3 Å². The molecule has 90 valence electrons. The first kappa shape index (κ1) is 12.6. The molecule has 0 heterocycles. The number of nitrogens with two attached hydrogens (primary N) is 1. The van der Waals surface area contributed by atoms with Gasteiger partial charge < -0.3 is 10.5 Å². The molecular formula is C10H13F2NO3. The summed E-state index contributed by atoms with van der Waals surface area (Å²) in [5, 5.41) is 0. The molecule has 1 aliphatic rings. The van der Waals surface area contributed by atoms with E-state index >= 15 is 0 Å². The summed E-state index contributed by atoms with van der Waals surface area (Å²) in [5.41, 5.74) is 3.44. The maximum Gasteiger partial charge on any atom is 0.354 e. The first-order chi connectivity index (χ1) is 7.45. The summed E-state index contributed by atoms with van der Waals surface area (Å²) >= 11 is 0. The van der Waals surface area contributed by atoms with Gasteiger partial charge in [0, 0.05) is 5.92 Å². The smallest absolute Gasteiger partial charge is 0.354 e. The van der Waals surface area contributed by atoms with Crippen LogP contribution in [0.4, 0.5) is 8.78 Å². The molecule has 0 unspecified atom stereocenters. The highest BCUT2D eigenvalue weighted by Gasteiger charge is 2.51. The van der Waals surface area contributed by atoms with Crippen LogP contribution in [0.5, 0.6) is 0 Å². The van der Waals surface area contributed by atoms with Crippen LogP contribution in [-0.4, -0.2) is 24.8 Å². The minimum absolute atomic E-state index is 0.0146. The van der Waals surface area contributed by atoms with E-state index < -0.39 is 29.1 Å². The molecule has 2 N–H and O–H groups in total. The normalized spacial score (nSPS) is 17.7. The second-order valence-electron chi connectivity index (χ2n) is 3.56. The van der Waals surface area contributed by atoms with Gasteiger partial charge in [0.05, 0.1) is 12.2 Å². The van der Waals surface area contributed by atoms with E-state index in [4.69, 9.17) is 5.73 Å². The van der Waals surface area contributed by atoms with Gasteiger partial charge >= 0.3 is 5.97 Å². The molecule has 0 aliphatic heterocycles. The Bertz CT molecular complexity index is 335. The Hall–Kier alpha value is -1.46. The first-order valence-electron chi connectivity index (χ1n) is 4.95. The number of allylic oxidation sites excluding steroid dienone is 1. The monoisotopic (exact) mass is 233 g/mol. The highest BCUT2D eigenvalue weighted by atomic mass is 19.3. The number of esters is 1. The van der Waals surface area contributed by atoms with E-state index in [0.29, 0.717) is 12.8 Å². The molecule has 1 fully saturated rings. The minimum Gasteiger partial charge on any atom is -0.461 e. The number of hydrogen-bond acceptors (Lipinski definition) is 4. The van der Waals surface area contributed by atoms with Gasteiger partial charge in [0.25, 0.3) is 5.92 Å². The SMILES string of the molecule is CCOC(=O)/C(N)=C(/C=O)C(F)(F)C1CC1. The van der Waals surface area contributed by atoms with Gasteiger partial charge in [0.1, 0.15) is 5.70 Å². The predicted octanol–water partition coefficient (Wildman–Crippen LogP) is 1.01. The number of rotatable bonds is 5. The van der Waals surface area contributed by atoms with E-state index in [0.717, 1.165) is 0 Å². The number of alkyl halides is 2. The summed E-state index contributed by atoms with van der Waals surface area (Å²) in [6, 6.07) is 0. The van der Waals surface area contributed by atoms with E-state index in [2.05, 4.69) is 4.74 Å². The second-order valence-corrected chi connectivity index (χ2v) is 3.56. The summed E-state index contributed by atoms with van der Waals surface area (Å²) in [4.78, 5) is 21.7. The van der Waals surface area contributed by atoms with Crippen molar-refractivity contribution >= 4 is 12.3 Å². The van der Waals surface area contributed by atoms with Crippen molar-refractivity contribution in [3.05, 3.63) is 11.3 Å². The second kappa shape index (κ2) is 4.59. The Balaban J connectivity index is 2.98. The van der Waals surface area contributed by atoms with Gasteiger partial charge in [0.15, 0.2) is 6.29 Å². The van der Waals surface area contributed by atoms with Crippen LogP contribution in [0.1, 0.15) is 19.8 Å². The number of carbonyl (C=O) groups excluding carboxylic acids is 2. The summed E-state index contributed by atoms with van der Waals surface area (Å²) in [5.74, 6) is -5.30. The average molecular weight is 233 g/mol. The first-order valence-corrected chi connectivity index (χ1v) is 4.95. The van der Waals surface area contributed by atoms with Crippen LogP contribution >= 0.6 is 0 Å². The Morgan fingerprint density at radius 2 is 2.12 bits per heavy atom. The van der Waals surface area contributed by atoms with E-state index in [1.807, 2.05) is 0 Å². The molecule has 0 aromatic rings. The van der Waals surface area contributed by atoms with Crippen LogP contribution in [0.3, 0.4) is 0 Å². The summed E-state index contributed by atoms with van der Waals surface area (Å²) < 4.78 is 31.6. The van der Waals surface area contributed by atoms with Crippen molar-refractivity contribution in [2.75, 3.05) is 6.61 Å². The highest BCUT2D eigenvalue weighted by molar-refractivity contribution is 5.95. The molecule has 0 amide bonds. The van der Waals surface area contributed by atoms with E-state index in [1.54, 1.807) is 0 Å². The number of hydrogen-bond donors (Lipinski definition) is 1. The lowest BCUT2D eigenvalue weighted by Crippen LogP contribution is -2.30. The molecule has 16 heavy (non-hydrogen) atoms. The summed E-state index contributed by atoms with van der Waals surface area (Å²) in [6.45, 7) is 1.53. The maximum absolute atomic E-state index is 13.5. The average Bonchev–Trinajstić information content (AvgIpc) is 3.01. The zero-order valence-electron chi connectivity index (χ0n) is 8.83. The summed E-state index contributed by atoms with van der Waals surface area (Å²) in [7, 11) is 0. The Labute approximate surface area is 91.4 Å². The van der Waals surface area contributed by atoms with Crippen molar-refractivity contribution in [3.8, 4) is 0 Å². The highest BCUT2D eigenvalue weighted by Crippen LogP contribution is 2.47. The van der Waals surface area contributed by atoms with Crippen LogP contribution in [0.15, 0.2) is 11.3 Å². The topological polar surface area (TPSA) is 69.4 Å². The Morgan fingerprint density at radius 1 is 1.56 bits per heavy atom. The third-order valence-corrected chi connectivity index (χ3v) is 2.35. The number of carbonyl (C=O) groups is 2. The molecule has 0 aromatic carbocycles. The zero-order chi connectivity index (χ0) is 12.3. The predicted molar refractivity (Wildman–Crippen MR) is 51.6 cm³/mol. The third-order valence-electron chi connectivity index (χ3n) is 2.35. The van der Waals surface area contributed by atoms with Crippen molar-refractivity contribution in [2.24, 2.45) is 11.7 Å². The molecule has 1 aliphatic carbocycles. The van der Waals surface area contributed by atoms with Gasteiger partial charge in [-0.15, -0.1) is 0 Å². The molecular weight excluding hydrogens is 220 g/mol. The summed E-state index contributed by atoms with van der Waals surface area (Å²) in [6.07, 6.45) is 0.603. The lowest BCUT2D eigenvalue weighted by atomic mass is 10.0. The molecule has 1 rings (SSSR count). The maximum atomic E-state index is 13.5. The lowest BCUT2D eigenvalue weighted by molar-refractivity contribution is -0.139. The van der Waals surface area contributed by atoms with Crippen molar-refractivity contribution < 1.29 is 23.1 Å². The molecule has 0 atom stereocenters. The molecule has 6 heteroatoms. The van der Waals surface area contributed by atoms with Crippen LogP contribution in [0.25, 0.3) is 0 Å². The van der Waals surface area contributed by atoms with Gasteiger partial charge in [0.2, 0.25) is 0 Å². The quantitative estimate of drug-likeness (QED) is 0.437. The van der Waals surface area contributed by atoms with Crippen molar-refractivity contribution in [2.45, 2.75) is 25.7 Å². The van der Waals surface area contributed by atoms with Gasteiger partial charge in [-0.05, 0) is 19.8 Å². The van der Waals surface area contributed by atoms with Crippen molar-refractivity contribution in [1.29, 1.82) is 0 Å². The molecule has 0 bridgehead atoms. The number of halogens is 2. The molecule has 0 spiro atoms. The van der Waals surface area contributed by atoms with Gasteiger partial charge in [-0.25, -0.2) is 13.6 Å². The molecule has 0 saturated heterocycles. The zero-order valence-corrected chi connectivity index (χ0v) is 8.83. The lowest BCUT2D eigenvalue weighted by Gasteiger charge is -2.16. The standard InChI is InChI=1S/C10H13F2NO3/c1-2-16-9(15)8(13)7(5-14)10(11,12)6-3-4-6/h5-6H,2-4,13H2,1H3/b8-7+. The molecule has 0 radical (unpaired) electrons. The van der Waals surface area contributed by atoms with Gasteiger partial charge in [-0.2, -0.15) is 0 Å². The molecule has 0 aromatic heterocycles. The van der Waals surface area contributed by atoms with Crippen LogP contribution in [0.2, 0.25) is 0 Å². The minimum atomic E-state index is -3.33. The number of aldehydes is 1. The van der Waals surface area contributed by atoms with E-state index in [9.17, 15) is 18.4 Å². The molecule has 4 nitrogen and oxygen atoms in total. The van der Waals surface area contributed by atoms with Crippen LogP contribution < -0.4 is 5.73 Å². The van der Waals surface area contributed by atoms with Gasteiger partial charge in [-0.3, -0.25) is 4.79 Å². The van der Waals surface area contributed by atoms with Crippen molar-refractivity contribution in [3.63, 3.8) is 0 Å². The van der Waals surface area contributed by atoms with E-state index in [1.165, 1.54) is 6.92 Å². The largest absolute Gasteiger partial charge is 0.461 e. The van der Waals surface area contributed by atoms with Crippen molar-refractivity contribution in [1.82, 2.24) is 0 Å².